The number of likely N-dealkylation sites (tertiary alicyclic amines) is 1. The second-order valence-corrected chi connectivity index (χ2v) is 34.0. The van der Waals surface area contributed by atoms with Crippen molar-refractivity contribution >= 4 is 54.2 Å². The van der Waals surface area contributed by atoms with Crippen LogP contribution < -0.4 is 10.6 Å². The van der Waals surface area contributed by atoms with Crippen molar-refractivity contribution in [2.24, 2.45) is 23.2 Å². The molecular formula is C82H145N3O30P-. The molecule has 4 aliphatic heterocycles. The molecule has 18 atom stereocenters. The van der Waals surface area contributed by atoms with E-state index in [0.717, 1.165) is 38.5 Å². The first kappa shape index (κ1) is 104. The summed E-state index contributed by atoms with van der Waals surface area (Å²) in [5.41, 5.74) is -1.10. The first-order chi connectivity index (χ1) is 55.6. The highest BCUT2D eigenvalue weighted by Gasteiger charge is 2.45. The smallest absolute Gasteiger partial charge is 0.222 e. The third kappa shape index (κ3) is 41.8. The maximum absolute atomic E-state index is 14.2. The summed E-state index contributed by atoms with van der Waals surface area (Å²) >= 11 is 0. The molecule has 0 radical (unpaired) electrons. The number of unbranched alkanes of at least 4 members (excludes halogenated alkanes) is 14. The molecule has 12 N–H and O–H groups in total. The fourth-order valence-corrected chi connectivity index (χ4v) is 15.0. The average molecular weight is 1680 g/mol. The van der Waals surface area contributed by atoms with Gasteiger partial charge in [0.25, 0.3) is 0 Å². The van der Waals surface area contributed by atoms with Crippen molar-refractivity contribution in [2.75, 3.05) is 113 Å². The van der Waals surface area contributed by atoms with Crippen molar-refractivity contribution in [1.82, 2.24) is 15.5 Å². The Morgan fingerprint density at radius 1 is 0.422 bits per heavy atom. The van der Waals surface area contributed by atoms with E-state index in [1.54, 1.807) is 25.7 Å². The zero-order chi connectivity index (χ0) is 85.3. The maximum atomic E-state index is 14.2. The van der Waals surface area contributed by atoms with E-state index in [1.807, 2.05) is 0 Å². The van der Waals surface area contributed by atoms with Crippen LogP contribution in [0.4, 0.5) is 0 Å². The molecule has 0 aliphatic carbocycles. The van der Waals surface area contributed by atoms with Crippen LogP contribution in [0.1, 0.15) is 245 Å². The number of rotatable bonds is 69. The summed E-state index contributed by atoms with van der Waals surface area (Å²) in [4.78, 5) is 107. The molecule has 0 aromatic heterocycles. The van der Waals surface area contributed by atoms with Crippen LogP contribution in [-0.2, 0) is 94.6 Å². The van der Waals surface area contributed by atoms with E-state index in [0.29, 0.717) is 141 Å². The molecule has 0 saturated carbocycles. The Bertz CT molecular complexity index is 2600. The van der Waals surface area contributed by atoms with Gasteiger partial charge < -0.3 is 118 Å². The fraction of sp³-hybridized carbons (Fsp3) is 0.890. The number of hydrogen-bond acceptors (Lipinski definition) is 30. The molecule has 674 valence electrons. The van der Waals surface area contributed by atoms with Crippen LogP contribution >= 0.6 is 7.60 Å². The number of aliphatic hydroxyl groups excluding tert-OH is 10. The molecule has 34 heteroatoms. The third-order valence-electron chi connectivity index (χ3n) is 22.1. The van der Waals surface area contributed by atoms with E-state index in [-0.39, 0.29) is 177 Å². The zero-order valence-corrected chi connectivity index (χ0v) is 70.5. The highest BCUT2D eigenvalue weighted by atomic mass is 31.2. The number of nitrogens with one attached hydrogen (secondary N) is 2. The monoisotopic (exact) mass is 1680 g/mol. The van der Waals surface area contributed by atoms with Crippen LogP contribution in [0.5, 0.6) is 0 Å². The average Bonchev–Trinajstić information content (AvgIpc) is 0.970. The standard InChI is InChI=1S/C82H145N3O30P/c1-57-73(98)76(101)67(50-86)113-79(57)109-41-23-20-31-61(89)27-15-12-17-29-63(91)36-44-106-54-82(48-65(93)33-14-10-8-6-7-9-11-19-35-72(97)85-49-66(94)47-60(85)53-112-116(5,104)105-4,55-107-45-37-64(92)30-18-13-16-28-62(90)32-21-24-42-110-80-58(2)74(99)77(102)68(51-87)114-80)56-108-46-38-71(96)84-40-26-39-83-70(95)34-22-25-43-111-81-59(3)75(100)78(103)69(52-88)115-81/h57-60,66-69,73-81,86-88,94,98-103H,5-56H2,1-4H3,(H,83,95)(H,84,96)/q-1/t57?,58?,59?,60-,66+,67?,68?,69?,73?,74?,75?,76?,77?,78?,79?,80?,81?,82?,116?/m0/s1. The van der Waals surface area contributed by atoms with Crippen LogP contribution in [0.2, 0.25) is 0 Å². The molecule has 33 nitrogen and oxygen atoms in total. The van der Waals surface area contributed by atoms with Crippen LogP contribution in [-0.4, -0.2) is 301 Å². The molecule has 0 spiro atoms. The number of aliphatic hydroxyl groups is 10. The van der Waals surface area contributed by atoms with Gasteiger partial charge in [0.15, 0.2) is 26.5 Å². The number of amides is 3. The van der Waals surface area contributed by atoms with E-state index >= 15 is 0 Å². The van der Waals surface area contributed by atoms with Gasteiger partial charge in [0.1, 0.15) is 65.5 Å². The summed E-state index contributed by atoms with van der Waals surface area (Å²) in [6.45, 7) is 8.38. The molecule has 0 aromatic rings. The molecule has 0 aromatic carbocycles. The lowest BCUT2D eigenvalue weighted by atomic mass is 9.83. The van der Waals surface area contributed by atoms with Crippen molar-refractivity contribution in [3.8, 4) is 0 Å². The van der Waals surface area contributed by atoms with E-state index in [9.17, 15) is 94.0 Å². The number of carbonyl (C=O) groups excluding carboxylic acids is 8. The highest BCUT2D eigenvalue weighted by molar-refractivity contribution is 7.55. The molecule has 4 saturated heterocycles. The Hall–Kier alpha value is -3.85. The Balaban J connectivity index is 1.28. The minimum absolute atomic E-state index is 0.0284. The Labute approximate surface area is 686 Å². The number of ether oxygens (including phenoxy) is 9. The predicted octanol–water partition coefficient (Wildman–Crippen LogP) is 5.25. The molecule has 4 aliphatic rings. The quantitative estimate of drug-likeness (QED) is 0.0210. The van der Waals surface area contributed by atoms with Gasteiger partial charge in [0.05, 0.1) is 96.5 Å². The van der Waals surface area contributed by atoms with Gasteiger partial charge in [-0.3, -0.25) is 42.9 Å². The van der Waals surface area contributed by atoms with Crippen molar-refractivity contribution < 1.29 is 146 Å². The molecule has 4 fully saturated rings. The topological polar surface area (TPSA) is 485 Å². The van der Waals surface area contributed by atoms with Crippen molar-refractivity contribution in [2.45, 2.75) is 331 Å². The number of β-amino-alcohol motifs (C(OH)–C–C–N with tert-alkyl or cyclic N) is 1. The number of nitrogens with zero attached hydrogens (tertiary/aromatic N) is 1. The first-order valence-corrected chi connectivity index (χ1v) is 44.5. The van der Waals surface area contributed by atoms with Crippen LogP contribution in [0.25, 0.3) is 0 Å². The number of Topliss-reactive ketones (excluding diaryl/α,β-unsaturated/α-hetero) is 5. The maximum Gasteiger partial charge on any atom is 0.222 e. The second-order valence-electron chi connectivity index (χ2n) is 32.1. The Morgan fingerprint density at radius 2 is 0.750 bits per heavy atom. The van der Waals surface area contributed by atoms with Crippen molar-refractivity contribution in [1.29, 1.82) is 0 Å². The second kappa shape index (κ2) is 59.8. The van der Waals surface area contributed by atoms with Gasteiger partial charge >= 0.3 is 0 Å². The predicted molar refractivity (Wildman–Crippen MR) is 424 cm³/mol. The molecule has 16 unspecified atom stereocenters. The summed E-state index contributed by atoms with van der Waals surface area (Å²) < 4.78 is 75.1. The molecular weight excluding hydrogens is 1540 g/mol. The van der Waals surface area contributed by atoms with Crippen molar-refractivity contribution in [3.63, 3.8) is 0 Å². The van der Waals surface area contributed by atoms with Gasteiger partial charge in [-0.05, 0) is 89.9 Å². The molecule has 116 heavy (non-hydrogen) atoms. The highest BCUT2D eigenvalue weighted by Crippen LogP contribution is 2.46. The zero-order valence-electron chi connectivity index (χ0n) is 69.6. The van der Waals surface area contributed by atoms with Crippen LogP contribution in [0.3, 0.4) is 0 Å². The number of hydrogen-bond donors (Lipinski definition) is 12. The van der Waals surface area contributed by atoms with Crippen LogP contribution in [0, 0.1) is 29.8 Å². The minimum atomic E-state index is -3.50. The van der Waals surface area contributed by atoms with Gasteiger partial charge in [-0.25, -0.2) is 6.66 Å². The first-order valence-electron chi connectivity index (χ1n) is 42.8. The largest absolute Gasteiger partial charge is 0.394 e. The molecule has 4 heterocycles. The van der Waals surface area contributed by atoms with Gasteiger partial charge in [-0.15, -0.1) is 0 Å². The summed E-state index contributed by atoms with van der Waals surface area (Å²) in [6, 6.07) is -0.427. The Morgan fingerprint density at radius 3 is 1.14 bits per heavy atom. The van der Waals surface area contributed by atoms with E-state index in [1.165, 1.54) is 7.11 Å². The molecule has 3 amide bonds. The lowest BCUT2D eigenvalue weighted by molar-refractivity contribution is -0.282. The Kier molecular flexibility index (Phi) is 53.9. The lowest BCUT2D eigenvalue weighted by Gasteiger charge is -2.40. The summed E-state index contributed by atoms with van der Waals surface area (Å²) in [7, 11) is -2.27. The fourth-order valence-electron chi connectivity index (χ4n) is 14.5. The molecule has 4 rings (SSSR count). The van der Waals surface area contributed by atoms with Gasteiger partial charge in [0, 0.05) is 153 Å². The lowest BCUT2D eigenvalue weighted by Crippen LogP contribution is -2.55. The minimum Gasteiger partial charge on any atom is -0.394 e. The summed E-state index contributed by atoms with van der Waals surface area (Å²) in [5, 5.41) is 106. The van der Waals surface area contributed by atoms with E-state index in [4.69, 9.17) is 51.7 Å². The van der Waals surface area contributed by atoms with Gasteiger partial charge in [-0.2, -0.15) is 0 Å². The SMILES string of the molecule is [CH2-]P(=O)(OC)OC[C@@H]1C[C@@H](O)CN1C(=O)CCCCCCCCCCC(=O)CC(COCCC(=O)CCCCCC(=O)CCCCOC1OC(CO)C(O)C(O)C1C)(COCCC(=O)CCCCCC(=O)CCCCOC1OC(CO)C(O)C(O)C1C)COCCC(=O)NCCCNC(=O)CCCCOC1OC(CO)C(O)C(O)C1C. The van der Waals surface area contributed by atoms with E-state index in [2.05, 4.69) is 17.3 Å². The number of ketones is 5. The van der Waals surface area contributed by atoms with Crippen LogP contribution in [0.15, 0.2) is 0 Å². The third-order valence-corrected chi connectivity index (χ3v) is 23.2. The summed E-state index contributed by atoms with van der Waals surface area (Å²) in [6.07, 6.45) is 4.10. The van der Waals surface area contributed by atoms with Gasteiger partial charge in [-0.1, -0.05) is 72.1 Å². The normalized spacial score (nSPS) is 26.6. The van der Waals surface area contributed by atoms with E-state index < -0.39 is 137 Å². The van der Waals surface area contributed by atoms with Gasteiger partial charge in [0.2, 0.25) is 17.7 Å². The molecule has 0 bridgehead atoms. The summed E-state index contributed by atoms with van der Waals surface area (Å²) in [5.74, 6) is -2.12. The number of carbonyl (C=O) groups is 8. The van der Waals surface area contributed by atoms with Crippen molar-refractivity contribution in [3.05, 3.63) is 6.66 Å².